The molecule has 0 saturated heterocycles. The number of rotatable bonds is 2. The third-order valence-corrected chi connectivity index (χ3v) is 9.56. The van der Waals surface area contributed by atoms with E-state index in [2.05, 4.69) is 160 Å². The minimum Gasteiger partial charge on any atom is -0.135 e. The second kappa shape index (κ2) is 10.2. The Morgan fingerprint density at radius 3 is 1.95 bits per heavy atom. The number of benzene rings is 6. The summed E-state index contributed by atoms with van der Waals surface area (Å²) in [6.07, 6.45) is 0. The topological polar surface area (TPSA) is 0 Å². The van der Waals surface area contributed by atoms with Crippen molar-refractivity contribution in [2.24, 2.45) is 0 Å². The summed E-state index contributed by atoms with van der Waals surface area (Å²) in [5.41, 5.74) is 12.3. The van der Waals surface area contributed by atoms with Crippen molar-refractivity contribution in [1.82, 2.24) is 0 Å². The summed E-state index contributed by atoms with van der Waals surface area (Å²) >= 11 is 1.87. The first-order valence-electron chi connectivity index (χ1n) is 14.3. The fraction of sp³-hybridized carbons (Fsp3) is 0.100. The van der Waals surface area contributed by atoms with E-state index >= 15 is 0 Å². The molecule has 0 aliphatic heterocycles. The Morgan fingerprint density at radius 2 is 1.10 bits per heavy atom. The van der Waals surface area contributed by atoms with Gasteiger partial charge in [-0.15, -0.1) is 11.3 Å². The lowest BCUT2D eigenvalue weighted by atomic mass is 9.82. The lowest BCUT2D eigenvalue weighted by molar-refractivity contribution is 0.660. The normalized spacial score (nSPS) is 13.0. The molecular weight excluding hydrogens is 513 g/mol. The summed E-state index contributed by atoms with van der Waals surface area (Å²) in [6, 6.07) is 50.3. The molecule has 0 radical (unpaired) electrons. The maximum atomic E-state index is 2.33. The summed E-state index contributed by atoms with van der Waals surface area (Å²) < 4.78 is 2.73. The standard InChI is InChI=1S/C22H20.C18H12S/c1-15-8-6-9-16(14-15)17-11-7-13-20-21(17)18-10-4-5-12-19(18)22(20,2)3;1-2-7-13(8-3-1)14-10-6-12-17-18(14)15-9-4-5-11-16(15)19-17/h4-14H,1-3H3;1-12H. The zero-order valence-electron chi connectivity index (χ0n) is 23.7. The molecule has 6 aromatic carbocycles. The molecule has 0 N–H and O–H groups in total. The molecule has 0 bridgehead atoms. The van der Waals surface area contributed by atoms with Crippen LogP contribution in [-0.4, -0.2) is 0 Å². The molecular formula is C40H32S. The highest BCUT2D eigenvalue weighted by Crippen LogP contribution is 2.51. The molecule has 0 spiro atoms. The molecule has 0 fully saturated rings. The van der Waals surface area contributed by atoms with Crippen LogP contribution in [0.4, 0.5) is 0 Å². The van der Waals surface area contributed by atoms with E-state index in [0.717, 1.165) is 0 Å². The number of aryl methyl sites for hydroxylation is 1. The van der Waals surface area contributed by atoms with E-state index in [0.29, 0.717) is 0 Å². The fourth-order valence-corrected chi connectivity index (χ4v) is 7.57. The van der Waals surface area contributed by atoms with Gasteiger partial charge in [-0.2, -0.15) is 0 Å². The van der Waals surface area contributed by atoms with Crippen LogP contribution >= 0.6 is 11.3 Å². The average molecular weight is 545 g/mol. The maximum Gasteiger partial charge on any atom is 0.0361 e. The Labute approximate surface area is 246 Å². The molecule has 198 valence electrons. The van der Waals surface area contributed by atoms with Gasteiger partial charge in [0.15, 0.2) is 0 Å². The van der Waals surface area contributed by atoms with Crippen molar-refractivity contribution < 1.29 is 0 Å². The fourth-order valence-electron chi connectivity index (χ4n) is 6.44. The average Bonchev–Trinajstić information content (AvgIpc) is 3.51. The highest BCUT2D eigenvalue weighted by Gasteiger charge is 2.36. The molecule has 1 aromatic heterocycles. The van der Waals surface area contributed by atoms with Gasteiger partial charge >= 0.3 is 0 Å². The predicted molar refractivity (Wildman–Crippen MR) is 179 cm³/mol. The van der Waals surface area contributed by atoms with Gasteiger partial charge in [0.25, 0.3) is 0 Å². The van der Waals surface area contributed by atoms with Crippen LogP contribution in [0.3, 0.4) is 0 Å². The van der Waals surface area contributed by atoms with Crippen molar-refractivity contribution in [3.05, 3.63) is 156 Å². The van der Waals surface area contributed by atoms with E-state index in [1.807, 2.05) is 11.3 Å². The van der Waals surface area contributed by atoms with Crippen LogP contribution in [0.25, 0.3) is 53.6 Å². The van der Waals surface area contributed by atoms with Gasteiger partial charge < -0.3 is 0 Å². The van der Waals surface area contributed by atoms with Crippen molar-refractivity contribution in [3.8, 4) is 33.4 Å². The number of hydrogen-bond acceptors (Lipinski definition) is 1. The number of fused-ring (bicyclic) bond motifs is 6. The molecule has 1 heteroatoms. The predicted octanol–water partition coefficient (Wildman–Crippen LogP) is 11.7. The lowest BCUT2D eigenvalue weighted by Crippen LogP contribution is -2.14. The SMILES string of the molecule is Cc1cccc(-c2cccc3c2-c2ccccc2C3(C)C)c1.c1ccc(-c2cccc3sc4ccccc4c23)cc1. The van der Waals surface area contributed by atoms with E-state index in [1.165, 1.54) is 70.2 Å². The van der Waals surface area contributed by atoms with E-state index in [1.54, 1.807) is 0 Å². The highest BCUT2D eigenvalue weighted by molar-refractivity contribution is 7.25. The quantitative estimate of drug-likeness (QED) is 0.203. The van der Waals surface area contributed by atoms with Crippen molar-refractivity contribution >= 4 is 31.5 Å². The summed E-state index contributed by atoms with van der Waals surface area (Å²) in [6.45, 7) is 6.82. The Balaban J connectivity index is 0.000000136. The van der Waals surface area contributed by atoms with Crippen LogP contribution in [-0.2, 0) is 5.41 Å². The van der Waals surface area contributed by atoms with Gasteiger partial charge in [0, 0.05) is 25.6 Å². The van der Waals surface area contributed by atoms with Gasteiger partial charge in [-0.3, -0.25) is 0 Å². The van der Waals surface area contributed by atoms with Crippen molar-refractivity contribution in [2.75, 3.05) is 0 Å². The monoisotopic (exact) mass is 544 g/mol. The zero-order chi connectivity index (χ0) is 28.0. The van der Waals surface area contributed by atoms with Gasteiger partial charge in [0.1, 0.15) is 0 Å². The summed E-state index contributed by atoms with van der Waals surface area (Å²) in [5.74, 6) is 0. The Morgan fingerprint density at radius 1 is 0.488 bits per heavy atom. The molecule has 0 saturated carbocycles. The van der Waals surface area contributed by atoms with Crippen molar-refractivity contribution in [2.45, 2.75) is 26.2 Å². The molecule has 1 heterocycles. The third-order valence-electron chi connectivity index (χ3n) is 8.42. The van der Waals surface area contributed by atoms with Crippen LogP contribution in [0.5, 0.6) is 0 Å². The molecule has 0 unspecified atom stereocenters. The molecule has 7 aromatic rings. The minimum absolute atomic E-state index is 0.0752. The van der Waals surface area contributed by atoms with Crippen LogP contribution in [0.2, 0.25) is 0 Å². The molecule has 0 amide bonds. The summed E-state index contributed by atoms with van der Waals surface area (Å²) in [5, 5.41) is 2.75. The van der Waals surface area contributed by atoms with Gasteiger partial charge in [-0.1, -0.05) is 147 Å². The molecule has 0 atom stereocenters. The third kappa shape index (κ3) is 4.38. The number of hydrogen-bond donors (Lipinski definition) is 0. The second-order valence-corrected chi connectivity index (χ2v) is 12.5. The van der Waals surface area contributed by atoms with E-state index in [4.69, 9.17) is 0 Å². The Hall–Kier alpha value is -4.46. The molecule has 0 nitrogen and oxygen atoms in total. The molecule has 1 aliphatic carbocycles. The van der Waals surface area contributed by atoms with Crippen molar-refractivity contribution in [3.63, 3.8) is 0 Å². The lowest BCUT2D eigenvalue weighted by Gasteiger charge is -2.21. The Kier molecular flexibility index (Phi) is 6.33. The Bertz CT molecular complexity index is 2020. The minimum atomic E-state index is 0.0752. The van der Waals surface area contributed by atoms with E-state index in [9.17, 15) is 0 Å². The maximum absolute atomic E-state index is 2.33. The van der Waals surface area contributed by atoms with Gasteiger partial charge in [0.2, 0.25) is 0 Å². The first-order chi connectivity index (χ1) is 20.0. The highest BCUT2D eigenvalue weighted by atomic mass is 32.1. The van der Waals surface area contributed by atoms with Gasteiger partial charge in [0.05, 0.1) is 0 Å². The second-order valence-electron chi connectivity index (χ2n) is 11.4. The summed E-state index contributed by atoms with van der Waals surface area (Å²) in [7, 11) is 0. The van der Waals surface area contributed by atoms with E-state index in [-0.39, 0.29) is 5.41 Å². The summed E-state index contributed by atoms with van der Waals surface area (Å²) in [4.78, 5) is 0. The number of thiophene rings is 1. The van der Waals surface area contributed by atoms with Crippen LogP contribution in [0, 0.1) is 6.92 Å². The molecule has 1 aliphatic rings. The van der Waals surface area contributed by atoms with Crippen molar-refractivity contribution in [1.29, 1.82) is 0 Å². The molecule has 41 heavy (non-hydrogen) atoms. The molecule has 8 rings (SSSR count). The first-order valence-corrected chi connectivity index (χ1v) is 15.1. The zero-order valence-corrected chi connectivity index (χ0v) is 24.5. The van der Waals surface area contributed by atoms with Gasteiger partial charge in [-0.25, -0.2) is 0 Å². The first kappa shape index (κ1) is 25.5. The smallest absolute Gasteiger partial charge is 0.0361 e. The van der Waals surface area contributed by atoms with Crippen LogP contribution < -0.4 is 0 Å². The van der Waals surface area contributed by atoms with Crippen LogP contribution in [0.15, 0.2) is 140 Å². The van der Waals surface area contributed by atoms with Crippen LogP contribution in [0.1, 0.15) is 30.5 Å². The van der Waals surface area contributed by atoms with E-state index < -0.39 is 0 Å². The largest absolute Gasteiger partial charge is 0.135 e. The van der Waals surface area contributed by atoms with Gasteiger partial charge in [-0.05, 0) is 63.6 Å².